The molecule has 1 N–H and O–H groups in total. The Labute approximate surface area is 127 Å². The minimum absolute atomic E-state index is 0.0312. The average Bonchev–Trinajstić information content (AvgIpc) is 3.00. The maximum Gasteiger partial charge on any atom is 0.303 e. The number of hydrogen-bond donors (Lipinski definition) is 1. The zero-order chi connectivity index (χ0) is 15.8. The molecule has 1 heterocycles. The first-order valence-corrected chi connectivity index (χ1v) is 6.89. The summed E-state index contributed by atoms with van der Waals surface area (Å²) in [6.45, 7) is 0.844. The summed E-state index contributed by atoms with van der Waals surface area (Å²) in [5.74, 6) is -1.02. The molecule has 0 bridgehead atoms. The van der Waals surface area contributed by atoms with Crippen LogP contribution in [-0.2, 0) is 22.7 Å². The molecule has 0 saturated heterocycles. The fourth-order valence-electron chi connectivity index (χ4n) is 2.01. The zero-order valence-corrected chi connectivity index (χ0v) is 12.0. The number of aromatic nitrogens is 4. The van der Waals surface area contributed by atoms with Gasteiger partial charge in [-0.2, -0.15) is 0 Å². The Hall–Kier alpha value is -2.77. The molecule has 0 radical (unpaired) electrons. The van der Waals surface area contributed by atoms with Crippen molar-refractivity contribution in [3.05, 3.63) is 42.2 Å². The van der Waals surface area contributed by atoms with E-state index in [1.807, 2.05) is 30.3 Å². The molecule has 0 fully saturated rings. The van der Waals surface area contributed by atoms with Gasteiger partial charge in [-0.05, 0) is 22.4 Å². The lowest BCUT2D eigenvalue weighted by molar-refractivity contribution is -0.138. The molecule has 2 rings (SSSR count). The fraction of sp³-hybridized carbons (Fsp3) is 0.357. The molecule has 0 aliphatic carbocycles. The Bertz CT molecular complexity index is 600. The van der Waals surface area contributed by atoms with Crippen LogP contribution in [0.2, 0.25) is 0 Å². The molecule has 1 aromatic heterocycles. The number of rotatable bonds is 8. The van der Waals surface area contributed by atoms with Crippen LogP contribution < -0.4 is 0 Å². The minimum atomic E-state index is -0.868. The molecule has 0 aliphatic rings. The van der Waals surface area contributed by atoms with Crippen molar-refractivity contribution in [2.75, 3.05) is 6.54 Å². The van der Waals surface area contributed by atoms with Crippen LogP contribution in [0.5, 0.6) is 0 Å². The molecule has 1 amide bonds. The third-order valence-electron chi connectivity index (χ3n) is 3.08. The zero-order valence-electron chi connectivity index (χ0n) is 12.0. The van der Waals surface area contributed by atoms with Gasteiger partial charge in [0.05, 0.1) is 0 Å². The van der Waals surface area contributed by atoms with Crippen molar-refractivity contribution in [2.45, 2.75) is 25.9 Å². The topological polar surface area (TPSA) is 101 Å². The van der Waals surface area contributed by atoms with Crippen LogP contribution in [0.4, 0.5) is 0 Å². The molecule has 8 nitrogen and oxygen atoms in total. The number of carboxylic acid groups (broad SMARTS) is 1. The largest absolute Gasteiger partial charge is 0.481 e. The lowest BCUT2D eigenvalue weighted by atomic mass is 10.2. The summed E-state index contributed by atoms with van der Waals surface area (Å²) < 4.78 is 1.34. The highest BCUT2D eigenvalue weighted by molar-refractivity contribution is 5.76. The Morgan fingerprint density at radius 2 is 2.00 bits per heavy atom. The Morgan fingerprint density at radius 3 is 2.64 bits per heavy atom. The first-order valence-electron chi connectivity index (χ1n) is 6.89. The van der Waals surface area contributed by atoms with Gasteiger partial charge in [-0.3, -0.25) is 9.59 Å². The maximum absolute atomic E-state index is 12.4. The SMILES string of the molecule is O=C(O)CCCN(Cc1ccccc1)C(=O)Cn1cnnn1. The van der Waals surface area contributed by atoms with E-state index >= 15 is 0 Å². The predicted molar refractivity (Wildman–Crippen MR) is 76.5 cm³/mol. The molecule has 2 aromatic rings. The Balaban J connectivity index is 1.99. The van der Waals surface area contributed by atoms with E-state index < -0.39 is 5.97 Å². The number of carbonyl (C=O) groups is 2. The molecule has 0 saturated carbocycles. The average molecular weight is 303 g/mol. The number of benzene rings is 1. The van der Waals surface area contributed by atoms with Crippen molar-refractivity contribution < 1.29 is 14.7 Å². The van der Waals surface area contributed by atoms with Crippen LogP contribution >= 0.6 is 0 Å². The highest BCUT2D eigenvalue weighted by Crippen LogP contribution is 2.07. The molecule has 0 atom stereocenters. The van der Waals surface area contributed by atoms with Gasteiger partial charge in [0, 0.05) is 19.5 Å². The normalized spacial score (nSPS) is 10.4. The van der Waals surface area contributed by atoms with Crippen molar-refractivity contribution in [3.8, 4) is 0 Å². The number of tetrazole rings is 1. The maximum atomic E-state index is 12.4. The van der Waals surface area contributed by atoms with Gasteiger partial charge in [-0.1, -0.05) is 30.3 Å². The number of carboxylic acids is 1. The minimum Gasteiger partial charge on any atom is -0.481 e. The van der Waals surface area contributed by atoms with E-state index in [1.165, 1.54) is 11.0 Å². The smallest absolute Gasteiger partial charge is 0.303 e. The predicted octanol–water partition coefficient (Wildman–Crippen LogP) is 0.567. The van der Waals surface area contributed by atoms with Crippen molar-refractivity contribution >= 4 is 11.9 Å². The summed E-state index contributed by atoms with van der Waals surface area (Å²) in [7, 11) is 0. The molecule has 0 spiro atoms. The molecular weight excluding hydrogens is 286 g/mol. The summed E-state index contributed by atoms with van der Waals surface area (Å²) >= 11 is 0. The quantitative estimate of drug-likeness (QED) is 0.765. The van der Waals surface area contributed by atoms with Gasteiger partial charge in [-0.25, -0.2) is 4.68 Å². The van der Waals surface area contributed by atoms with E-state index in [0.29, 0.717) is 19.5 Å². The second-order valence-corrected chi connectivity index (χ2v) is 4.81. The summed E-state index contributed by atoms with van der Waals surface area (Å²) in [6, 6.07) is 9.55. The third-order valence-corrected chi connectivity index (χ3v) is 3.08. The van der Waals surface area contributed by atoms with Gasteiger partial charge in [0.2, 0.25) is 5.91 Å². The second kappa shape index (κ2) is 7.87. The highest BCUT2D eigenvalue weighted by Gasteiger charge is 2.15. The van der Waals surface area contributed by atoms with Crippen LogP contribution in [-0.4, -0.2) is 48.6 Å². The van der Waals surface area contributed by atoms with E-state index in [4.69, 9.17) is 5.11 Å². The van der Waals surface area contributed by atoms with Gasteiger partial charge in [0.15, 0.2) is 0 Å². The molecule has 0 aliphatic heterocycles. The van der Waals surface area contributed by atoms with Crippen molar-refractivity contribution in [1.29, 1.82) is 0 Å². The van der Waals surface area contributed by atoms with Crippen LogP contribution in [0.15, 0.2) is 36.7 Å². The molecule has 22 heavy (non-hydrogen) atoms. The van der Waals surface area contributed by atoms with Crippen molar-refractivity contribution in [1.82, 2.24) is 25.1 Å². The molecule has 0 unspecified atom stereocenters. The standard InChI is InChI=1S/C14H17N5O3/c20-13(10-19-11-15-16-17-19)18(8-4-7-14(21)22)9-12-5-2-1-3-6-12/h1-3,5-6,11H,4,7-10H2,(H,21,22). The lowest BCUT2D eigenvalue weighted by Gasteiger charge is -2.22. The summed E-state index contributed by atoms with van der Waals surface area (Å²) in [4.78, 5) is 24.6. The first-order chi connectivity index (χ1) is 10.6. The Kier molecular flexibility index (Phi) is 5.58. The van der Waals surface area contributed by atoms with E-state index in [9.17, 15) is 9.59 Å². The van der Waals surface area contributed by atoms with E-state index in [-0.39, 0.29) is 18.9 Å². The number of nitrogens with zero attached hydrogens (tertiary/aromatic N) is 5. The van der Waals surface area contributed by atoms with Gasteiger partial charge in [-0.15, -0.1) is 5.10 Å². The van der Waals surface area contributed by atoms with Gasteiger partial charge >= 0.3 is 5.97 Å². The molecule has 1 aromatic carbocycles. The van der Waals surface area contributed by atoms with Gasteiger partial charge < -0.3 is 10.0 Å². The van der Waals surface area contributed by atoms with Gasteiger partial charge in [0.1, 0.15) is 12.9 Å². The number of hydrogen-bond acceptors (Lipinski definition) is 5. The number of amides is 1. The third kappa shape index (κ3) is 4.97. The molecule has 116 valence electrons. The fourth-order valence-corrected chi connectivity index (χ4v) is 2.01. The van der Waals surface area contributed by atoms with Crippen molar-refractivity contribution in [3.63, 3.8) is 0 Å². The summed E-state index contributed by atoms with van der Waals surface area (Å²) in [5, 5.41) is 19.4. The monoisotopic (exact) mass is 303 g/mol. The van der Waals surface area contributed by atoms with Crippen LogP contribution in [0, 0.1) is 0 Å². The lowest BCUT2D eigenvalue weighted by Crippen LogP contribution is -2.34. The molecule has 8 heteroatoms. The van der Waals surface area contributed by atoms with E-state index in [0.717, 1.165) is 5.56 Å². The molecular formula is C14H17N5O3. The van der Waals surface area contributed by atoms with Gasteiger partial charge in [0.25, 0.3) is 0 Å². The second-order valence-electron chi connectivity index (χ2n) is 4.81. The van der Waals surface area contributed by atoms with Crippen molar-refractivity contribution in [2.24, 2.45) is 0 Å². The van der Waals surface area contributed by atoms with Crippen LogP contribution in [0.3, 0.4) is 0 Å². The number of aliphatic carboxylic acids is 1. The number of carbonyl (C=O) groups excluding carboxylic acids is 1. The summed E-state index contributed by atoms with van der Waals surface area (Å²) in [5.41, 5.74) is 0.989. The van der Waals surface area contributed by atoms with E-state index in [2.05, 4.69) is 15.5 Å². The highest BCUT2D eigenvalue weighted by atomic mass is 16.4. The first kappa shape index (κ1) is 15.6. The van der Waals surface area contributed by atoms with E-state index in [1.54, 1.807) is 4.90 Å². The van der Waals surface area contributed by atoms with Crippen LogP contribution in [0.25, 0.3) is 0 Å². The summed E-state index contributed by atoms with van der Waals surface area (Å²) in [6.07, 6.45) is 1.81. The van der Waals surface area contributed by atoms with Crippen LogP contribution in [0.1, 0.15) is 18.4 Å². The Morgan fingerprint density at radius 1 is 1.23 bits per heavy atom.